The lowest BCUT2D eigenvalue weighted by atomic mass is 10.2. The molecule has 0 spiro atoms. The average molecular weight is 299 g/mol. The van der Waals surface area contributed by atoms with Gasteiger partial charge in [-0.2, -0.15) is 13.2 Å². The molecule has 0 radical (unpaired) electrons. The Bertz CT molecular complexity index is 626. The van der Waals surface area contributed by atoms with Crippen LogP contribution in [0.4, 0.5) is 29.2 Å². The van der Waals surface area contributed by atoms with Crippen LogP contribution < -0.4 is 10.6 Å². The molecule has 0 aliphatic rings. The molecule has 7 heteroatoms. The van der Waals surface area contributed by atoms with Gasteiger partial charge in [0.05, 0.1) is 5.56 Å². The smallest absolute Gasteiger partial charge is 0.373 e. The van der Waals surface area contributed by atoms with E-state index in [0.717, 1.165) is 12.1 Å². The van der Waals surface area contributed by atoms with Gasteiger partial charge in [0.25, 0.3) is 0 Å². The quantitative estimate of drug-likeness (QED) is 0.841. The van der Waals surface area contributed by atoms with Crippen LogP contribution in [0.5, 0.6) is 0 Å². The average Bonchev–Trinajstić information content (AvgIpc) is 2.45. The molecule has 0 amide bonds. The standard InChI is InChI=1S/C14H13F4N3/c1-19-12-6-10(14(16,17)18)7-13(21-12)20-8-9-4-2-3-5-11(9)15/h2-7H,8H2,1H3,(H2,19,20,21). The van der Waals surface area contributed by atoms with E-state index in [1.165, 1.54) is 13.1 Å². The largest absolute Gasteiger partial charge is 0.416 e. The van der Waals surface area contributed by atoms with Crippen LogP contribution in [0.1, 0.15) is 11.1 Å². The number of rotatable bonds is 4. The number of aromatic nitrogens is 1. The Balaban J connectivity index is 2.22. The van der Waals surface area contributed by atoms with Gasteiger partial charge in [-0.3, -0.25) is 0 Å². The van der Waals surface area contributed by atoms with Crippen LogP contribution in [0.3, 0.4) is 0 Å². The van der Waals surface area contributed by atoms with Gasteiger partial charge in [-0.1, -0.05) is 18.2 Å². The Morgan fingerprint density at radius 1 is 1.10 bits per heavy atom. The molecule has 0 aliphatic carbocycles. The summed E-state index contributed by atoms with van der Waals surface area (Å²) in [5.41, 5.74) is -0.472. The lowest BCUT2D eigenvalue weighted by Crippen LogP contribution is -2.10. The molecule has 0 saturated carbocycles. The molecule has 21 heavy (non-hydrogen) atoms. The highest BCUT2D eigenvalue weighted by molar-refractivity contribution is 5.49. The van der Waals surface area contributed by atoms with Crippen molar-refractivity contribution in [3.05, 3.63) is 53.3 Å². The van der Waals surface area contributed by atoms with E-state index >= 15 is 0 Å². The second kappa shape index (κ2) is 5.99. The number of pyridine rings is 1. The van der Waals surface area contributed by atoms with E-state index in [1.807, 2.05) is 0 Å². The summed E-state index contributed by atoms with van der Waals surface area (Å²) in [5.74, 6) is -0.316. The monoisotopic (exact) mass is 299 g/mol. The molecular formula is C14H13F4N3. The molecule has 1 aromatic heterocycles. The molecule has 0 atom stereocenters. The Labute approximate surface area is 119 Å². The van der Waals surface area contributed by atoms with E-state index < -0.39 is 17.6 Å². The summed E-state index contributed by atoms with van der Waals surface area (Å²) >= 11 is 0. The molecule has 0 bridgehead atoms. The Hall–Kier alpha value is -2.31. The summed E-state index contributed by atoms with van der Waals surface area (Å²) in [6, 6.07) is 7.83. The van der Waals surface area contributed by atoms with Gasteiger partial charge in [0.2, 0.25) is 0 Å². The maximum Gasteiger partial charge on any atom is 0.416 e. The van der Waals surface area contributed by atoms with E-state index in [4.69, 9.17) is 0 Å². The summed E-state index contributed by atoms with van der Waals surface area (Å²) in [6.45, 7) is 0.0458. The van der Waals surface area contributed by atoms with Crippen LogP contribution in [-0.4, -0.2) is 12.0 Å². The topological polar surface area (TPSA) is 37.0 Å². The fourth-order valence-electron chi connectivity index (χ4n) is 1.74. The van der Waals surface area contributed by atoms with Crippen molar-refractivity contribution in [3.8, 4) is 0 Å². The molecule has 3 nitrogen and oxygen atoms in total. The molecule has 2 N–H and O–H groups in total. The van der Waals surface area contributed by atoms with Gasteiger partial charge in [-0.15, -0.1) is 0 Å². The number of anilines is 2. The first-order valence-corrected chi connectivity index (χ1v) is 6.14. The molecule has 1 heterocycles. The zero-order valence-electron chi connectivity index (χ0n) is 11.1. The van der Waals surface area contributed by atoms with Crippen molar-refractivity contribution in [2.75, 3.05) is 17.7 Å². The van der Waals surface area contributed by atoms with E-state index in [-0.39, 0.29) is 18.2 Å². The summed E-state index contributed by atoms with van der Waals surface area (Å²) < 4.78 is 51.8. The van der Waals surface area contributed by atoms with Crippen LogP contribution >= 0.6 is 0 Å². The summed E-state index contributed by atoms with van der Waals surface area (Å²) in [6.07, 6.45) is -4.47. The van der Waals surface area contributed by atoms with Crippen LogP contribution in [0.15, 0.2) is 36.4 Å². The molecule has 0 aliphatic heterocycles. The predicted molar refractivity (Wildman–Crippen MR) is 72.5 cm³/mol. The van der Waals surface area contributed by atoms with Crippen molar-refractivity contribution in [2.24, 2.45) is 0 Å². The molecule has 0 unspecified atom stereocenters. The number of nitrogens with one attached hydrogen (secondary N) is 2. The van der Waals surface area contributed by atoms with Crippen molar-refractivity contribution in [3.63, 3.8) is 0 Å². The number of benzene rings is 1. The lowest BCUT2D eigenvalue weighted by molar-refractivity contribution is -0.137. The Morgan fingerprint density at radius 3 is 2.38 bits per heavy atom. The minimum Gasteiger partial charge on any atom is -0.373 e. The van der Waals surface area contributed by atoms with Crippen molar-refractivity contribution in [2.45, 2.75) is 12.7 Å². The number of hydrogen-bond acceptors (Lipinski definition) is 3. The maximum absolute atomic E-state index is 13.5. The molecule has 1 aromatic carbocycles. The maximum atomic E-state index is 13.5. The van der Waals surface area contributed by atoms with Crippen molar-refractivity contribution in [1.29, 1.82) is 0 Å². The van der Waals surface area contributed by atoms with Gasteiger partial charge in [0, 0.05) is 19.2 Å². The molecule has 2 rings (SSSR count). The predicted octanol–water partition coefficient (Wildman–Crippen LogP) is 3.89. The van der Waals surface area contributed by atoms with Gasteiger partial charge in [0.15, 0.2) is 0 Å². The minimum atomic E-state index is -4.47. The first kappa shape index (κ1) is 15.1. The van der Waals surface area contributed by atoms with E-state index in [2.05, 4.69) is 15.6 Å². The third-order valence-corrected chi connectivity index (χ3v) is 2.83. The first-order chi connectivity index (χ1) is 9.90. The molecular weight excluding hydrogens is 286 g/mol. The van der Waals surface area contributed by atoms with E-state index in [9.17, 15) is 17.6 Å². The first-order valence-electron chi connectivity index (χ1n) is 6.14. The van der Waals surface area contributed by atoms with Crippen LogP contribution in [0.2, 0.25) is 0 Å². The van der Waals surface area contributed by atoms with Gasteiger partial charge in [0.1, 0.15) is 17.5 Å². The highest BCUT2D eigenvalue weighted by Gasteiger charge is 2.31. The van der Waals surface area contributed by atoms with Gasteiger partial charge in [-0.25, -0.2) is 9.37 Å². The highest BCUT2D eigenvalue weighted by Crippen LogP contribution is 2.32. The number of alkyl halides is 3. The minimum absolute atomic E-state index is 0.0254. The molecule has 0 saturated heterocycles. The zero-order valence-corrected chi connectivity index (χ0v) is 11.1. The van der Waals surface area contributed by atoms with Crippen LogP contribution in [-0.2, 0) is 12.7 Å². The van der Waals surface area contributed by atoms with Crippen molar-refractivity contribution >= 4 is 11.6 Å². The highest BCUT2D eigenvalue weighted by atomic mass is 19.4. The van der Waals surface area contributed by atoms with Gasteiger partial charge >= 0.3 is 6.18 Å². The number of hydrogen-bond donors (Lipinski definition) is 2. The molecule has 112 valence electrons. The third kappa shape index (κ3) is 3.84. The molecule has 2 aromatic rings. The van der Waals surface area contributed by atoms with Crippen molar-refractivity contribution < 1.29 is 17.6 Å². The van der Waals surface area contributed by atoms with E-state index in [0.29, 0.717) is 5.56 Å². The van der Waals surface area contributed by atoms with Gasteiger partial charge in [-0.05, 0) is 18.2 Å². The summed E-state index contributed by atoms with van der Waals surface area (Å²) in [5, 5.41) is 5.26. The lowest BCUT2D eigenvalue weighted by Gasteiger charge is -2.12. The second-order valence-corrected chi connectivity index (χ2v) is 4.32. The molecule has 0 fully saturated rings. The third-order valence-electron chi connectivity index (χ3n) is 2.83. The zero-order chi connectivity index (χ0) is 15.5. The van der Waals surface area contributed by atoms with Crippen LogP contribution in [0.25, 0.3) is 0 Å². The summed E-state index contributed by atoms with van der Waals surface area (Å²) in [4.78, 5) is 3.97. The van der Waals surface area contributed by atoms with Gasteiger partial charge < -0.3 is 10.6 Å². The Morgan fingerprint density at radius 2 is 1.76 bits per heavy atom. The van der Waals surface area contributed by atoms with E-state index in [1.54, 1.807) is 18.2 Å². The second-order valence-electron chi connectivity index (χ2n) is 4.32. The SMILES string of the molecule is CNc1cc(C(F)(F)F)cc(NCc2ccccc2F)n1. The number of nitrogens with zero attached hydrogens (tertiary/aromatic N) is 1. The fourth-order valence-corrected chi connectivity index (χ4v) is 1.74. The van der Waals surface area contributed by atoms with Crippen LogP contribution in [0, 0.1) is 5.82 Å². The van der Waals surface area contributed by atoms with Crippen molar-refractivity contribution in [1.82, 2.24) is 4.98 Å². The number of halogens is 4. The fraction of sp³-hybridized carbons (Fsp3) is 0.214. The summed E-state index contributed by atoms with van der Waals surface area (Å²) in [7, 11) is 1.48. The normalized spacial score (nSPS) is 11.3. The Kier molecular flexibility index (Phi) is 4.30.